The Morgan fingerprint density at radius 1 is 1.38 bits per heavy atom. The molecule has 3 rings (SSSR count). The van der Waals surface area contributed by atoms with Crippen LogP contribution in [0.4, 0.5) is 10.7 Å². The number of carbonyl (C=O) groups excluding carboxylic acids is 1. The molecule has 24 heavy (non-hydrogen) atoms. The van der Waals surface area contributed by atoms with Crippen LogP contribution in [0.2, 0.25) is 0 Å². The fraction of sp³-hybridized carbons (Fsp3) is 0.556. The number of hydrogen-bond donors (Lipinski definition) is 2. The molecule has 130 valence electrons. The zero-order chi connectivity index (χ0) is 17.2. The number of anilines is 1. The van der Waals surface area contributed by atoms with Crippen molar-refractivity contribution in [3.05, 3.63) is 24.3 Å². The average molecular weight is 330 g/mol. The highest BCUT2D eigenvalue weighted by molar-refractivity contribution is 5.77. The van der Waals surface area contributed by atoms with Crippen molar-refractivity contribution in [3.63, 3.8) is 0 Å². The Morgan fingerprint density at radius 2 is 2.17 bits per heavy atom. The van der Waals surface area contributed by atoms with Gasteiger partial charge >= 0.3 is 6.09 Å². The molecule has 2 aromatic rings. The second-order valence-electron chi connectivity index (χ2n) is 7.31. The minimum absolute atomic E-state index is 0.127. The van der Waals surface area contributed by atoms with E-state index in [1.54, 1.807) is 0 Å². The maximum absolute atomic E-state index is 12.4. The van der Waals surface area contributed by atoms with Crippen LogP contribution in [-0.4, -0.2) is 45.7 Å². The summed E-state index contributed by atoms with van der Waals surface area (Å²) < 4.78 is 5.54. The maximum atomic E-state index is 12.4. The van der Waals surface area contributed by atoms with Gasteiger partial charge in [0.05, 0.1) is 17.1 Å². The predicted octanol–water partition coefficient (Wildman–Crippen LogP) is 3.76. The Morgan fingerprint density at radius 3 is 2.92 bits per heavy atom. The summed E-state index contributed by atoms with van der Waals surface area (Å²) in [7, 11) is 0. The van der Waals surface area contributed by atoms with Gasteiger partial charge in [-0.15, -0.1) is 0 Å². The number of ether oxygens (including phenoxy) is 1. The number of fused-ring (bicyclic) bond motifs is 1. The first-order valence-corrected chi connectivity index (χ1v) is 8.61. The number of H-pyrrole nitrogens is 1. The van der Waals surface area contributed by atoms with E-state index >= 15 is 0 Å². The molecule has 1 aliphatic rings. The monoisotopic (exact) mass is 330 g/mol. The van der Waals surface area contributed by atoms with E-state index in [0.29, 0.717) is 6.54 Å². The molecule has 0 bridgehead atoms. The lowest BCUT2D eigenvalue weighted by Crippen LogP contribution is -2.48. The fourth-order valence-electron chi connectivity index (χ4n) is 3.02. The number of aromatic nitrogens is 2. The molecule has 6 heteroatoms. The summed E-state index contributed by atoms with van der Waals surface area (Å²) >= 11 is 0. The topological polar surface area (TPSA) is 70.2 Å². The van der Waals surface area contributed by atoms with Crippen molar-refractivity contribution in [3.8, 4) is 0 Å². The van der Waals surface area contributed by atoms with Crippen LogP contribution in [0.5, 0.6) is 0 Å². The van der Waals surface area contributed by atoms with E-state index in [-0.39, 0.29) is 12.1 Å². The number of nitrogens with zero attached hydrogens (tertiary/aromatic N) is 2. The van der Waals surface area contributed by atoms with Crippen LogP contribution >= 0.6 is 0 Å². The summed E-state index contributed by atoms with van der Waals surface area (Å²) in [5.41, 5.74) is 1.48. The van der Waals surface area contributed by atoms with E-state index in [4.69, 9.17) is 4.74 Å². The van der Waals surface area contributed by atoms with Crippen LogP contribution in [0.25, 0.3) is 11.0 Å². The summed E-state index contributed by atoms with van der Waals surface area (Å²) in [4.78, 5) is 22.1. The molecule has 2 heterocycles. The van der Waals surface area contributed by atoms with Gasteiger partial charge in [0, 0.05) is 13.1 Å². The highest BCUT2D eigenvalue weighted by atomic mass is 16.6. The quantitative estimate of drug-likeness (QED) is 0.899. The molecular weight excluding hydrogens is 304 g/mol. The van der Waals surface area contributed by atoms with E-state index in [1.165, 1.54) is 0 Å². The number of carbonyl (C=O) groups is 1. The van der Waals surface area contributed by atoms with Gasteiger partial charge in [0.15, 0.2) is 0 Å². The standard InChI is InChI=1S/C18H26N4O2/c1-18(2,3)24-17(23)22-11-7-6-8-13(22)12-19-16-20-14-9-4-5-10-15(14)21-16/h4-5,9-10,13H,6-8,11-12H2,1-3H3,(H2,19,20,21)/t13-/m0/s1. The van der Waals surface area contributed by atoms with Crippen molar-refractivity contribution >= 4 is 23.1 Å². The van der Waals surface area contributed by atoms with Gasteiger partial charge < -0.3 is 19.9 Å². The third kappa shape index (κ3) is 3.99. The van der Waals surface area contributed by atoms with Crippen molar-refractivity contribution in [2.75, 3.05) is 18.4 Å². The number of aromatic amines is 1. The molecule has 0 spiro atoms. The van der Waals surface area contributed by atoms with E-state index in [0.717, 1.165) is 42.8 Å². The second kappa shape index (κ2) is 6.71. The lowest BCUT2D eigenvalue weighted by molar-refractivity contribution is 0.0114. The van der Waals surface area contributed by atoms with Crippen molar-refractivity contribution in [1.29, 1.82) is 0 Å². The summed E-state index contributed by atoms with van der Waals surface area (Å²) in [5, 5.41) is 3.34. The SMILES string of the molecule is CC(C)(C)OC(=O)N1CCCC[C@H]1CNc1nc2ccccc2[nH]1. The van der Waals surface area contributed by atoms with Gasteiger partial charge in [0.1, 0.15) is 5.60 Å². The highest BCUT2D eigenvalue weighted by Crippen LogP contribution is 2.21. The predicted molar refractivity (Wildman–Crippen MR) is 95.2 cm³/mol. The van der Waals surface area contributed by atoms with Gasteiger partial charge in [-0.25, -0.2) is 9.78 Å². The molecular formula is C18H26N4O2. The molecule has 0 radical (unpaired) electrons. The number of benzene rings is 1. The lowest BCUT2D eigenvalue weighted by atomic mass is 10.0. The third-order valence-electron chi connectivity index (χ3n) is 4.15. The molecule has 1 aliphatic heterocycles. The van der Waals surface area contributed by atoms with Gasteiger partial charge in [-0.2, -0.15) is 0 Å². The summed E-state index contributed by atoms with van der Waals surface area (Å²) in [6, 6.07) is 8.06. The van der Waals surface area contributed by atoms with E-state index < -0.39 is 5.60 Å². The van der Waals surface area contributed by atoms with E-state index in [1.807, 2.05) is 49.9 Å². The fourth-order valence-corrected chi connectivity index (χ4v) is 3.02. The largest absolute Gasteiger partial charge is 0.444 e. The smallest absolute Gasteiger partial charge is 0.410 e. The molecule has 0 aliphatic carbocycles. The Hall–Kier alpha value is -2.24. The molecule has 0 saturated carbocycles. The molecule has 0 unspecified atom stereocenters. The van der Waals surface area contributed by atoms with Crippen molar-refractivity contribution in [2.45, 2.75) is 51.7 Å². The number of hydrogen-bond acceptors (Lipinski definition) is 4. The Labute approximate surface area is 142 Å². The minimum atomic E-state index is -0.467. The Bertz CT molecular complexity index is 671. The molecule has 1 atom stereocenters. The molecule has 1 aromatic carbocycles. The normalized spacial score (nSPS) is 18.6. The van der Waals surface area contributed by atoms with E-state index in [2.05, 4.69) is 15.3 Å². The van der Waals surface area contributed by atoms with Crippen LogP contribution in [0.15, 0.2) is 24.3 Å². The molecule has 6 nitrogen and oxygen atoms in total. The molecule has 1 saturated heterocycles. The second-order valence-corrected chi connectivity index (χ2v) is 7.31. The van der Waals surface area contributed by atoms with Crippen molar-refractivity contribution < 1.29 is 9.53 Å². The van der Waals surface area contributed by atoms with Gasteiger partial charge in [-0.1, -0.05) is 12.1 Å². The molecule has 1 aromatic heterocycles. The van der Waals surface area contributed by atoms with Crippen LogP contribution in [0.3, 0.4) is 0 Å². The average Bonchev–Trinajstić information content (AvgIpc) is 2.94. The van der Waals surface area contributed by atoms with Crippen LogP contribution in [0, 0.1) is 0 Å². The van der Waals surface area contributed by atoms with Gasteiger partial charge in [0.2, 0.25) is 5.95 Å². The highest BCUT2D eigenvalue weighted by Gasteiger charge is 2.30. The van der Waals surface area contributed by atoms with Gasteiger partial charge in [-0.3, -0.25) is 0 Å². The molecule has 2 N–H and O–H groups in total. The Balaban J connectivity index is 1.64. The zero-order valence-electron chi connectivity index (χ0n) is 14.6. The number of nitrogens with one attached hydrogen (secondary N) is 2. The number of imidazole rings is 1. The van der Waals surface area contributed by atoms with Crippen molar-refractivity contribution in [1.82, 2.24) is 14.9 Å². The number of rotatable bonds is 3. The first-order chi connectivity index (χ1) is 11.4. The van der Waals surface area contributed by atoms with E-state index in [9.17, 15) is 4.79 Å². The van der Waals surface area contributed by atoms with Gasteiger partial charge in [-0.05, 0) is 52.2 Å². The third-order valence-corrected chi connectivity index (χ3v) is 4.15. The van der Waals surface area contributed by atoms with Crippen molar-refractivity contribution in [2.24, 2.45) is 0 Å². The van der Waals surface area contributed by atoms with Crippen LogP contribution in [0.1, 0.15) is 40.0 Å². The van der Waals surface area contributed by atoms with Crippen LogP contribution in [-0.2, 0) is 4.74 Å². The summed E-state index contributed by atoms with van der Waals surface area (Å²) in [6.45, 7) is 7.12. The first kappa shape index (κ1) is 16.6. The number of piperidine rings is 1. The minimum Gasteiger partial charge on any atom is -0.444 e. The van der Waals surface area contributed by atoms with Gasteiger partial charge in [0.25, 0.3) is 0 Å². The number of likely N-dealkylation sites (tertiary alicyclic amines) is 1. The Kier molecular flexibility index (Phi) is 4.64. The number of amides is 1. The first-order valence-electron chi connectivity index (χ1n) is 8.61. The number of para-hydroxylation sites is 2. The molecule has 1 amide bonds. The zero-order valence-corrected chi connectivity index (χ0v) is 14.6. The maximum Gasteiger partial charge on any atom is 0.410 e. The summed E-state index contributed by atoms with van der Waals surface area (Å²) in [6.07, 6.45) is 2.91. The summed E-state index contributed by atoms with van der Waals surface area (Å²) in [5.74, 6) is 0.742. The lowest BCUT2D eigenvalue weighted by Gasteiger charge is -2.36. The molecule has 1 fully saturated rings. The van der Waals surface area contributed by atoms with Crippen LogP contribution < -0.4 is 5.32 Å².